The minimum Gasteiger partial charge on any atom is -0.375 e. The molecule has 1 aromatic rings. The summed E-state index contributed by atoms with van der Waals surface area (Å²) in [7, 11) is -1.78. The molecule has 1 aromatic carbocycles. The molecule has 0 aromatic heterocycles. The number of amides is 1. The average Bonchev–Trinajstić information content (AvgIpc) is 2.71. The van der Waals surface area contributed by atoms with Gasteiger partial charge < -0.3 is 9.64 Å². The first-order valence-electron chi connectivity index (χ1n) is 5.80. The number of nitrogens with zero attached hydrogens (tertiary/aromatic N) is 1. The van der Waals surface area contributed by atoms with Gasteiger partial charge in [-0.1, -0.05) is 18.2 Å². The summed E-state index contributed by atoms with van der Waals surface area (Å²) in [5.41, 5.74) is 0.663. The van der Waals surface area contributed by atoms with E-state index >= 15 is 0 Å². The van der Waals surface area contributed by atoms with Gasteiger partial charge in [0.15, 0.2) is 9.84 Å². The number of methoxy groups -OCH3 is 1. The van der Waals surface area contributed by atoms with Crippen LogP contribution in [-0.4, -0.2) is 39.8 Å². The molecule has 0 bridgehead atoms. The van der Waals surface area contributed by atoms with E-state index in [2.05, 4.69) is 0 Å². The lowest BCUT2D eigenvalue weighted by Gasteiger charge is -2.27. The number of rotatable bonds is 4. The van der Waals surface area contributed by atoms with Gasteiger partial charge in [0.1, 0.15) is 6.61 Å². The first-order valence-corrected chi connectivity index (χ1v) is 7.52. The number of hydrogen-bond donors (Lipinski definition) is 0. The van der Waals surface area contributed by atoms with E-state index in [1.54, 1.807) is 24.3 Å². The molecule has 1 amide bonds. The second-order valence-electron chi connectivity index (χ2n) is 4.26. The molecular formula is C13H15NO4S. The molecule has 0 fully saturated rings. The number of benzene rings is 1. The Morgan fingerprint density at radius 2 is 2.05 bits per heavy atom. The maximum absolute atomic E-state index is 12.1. The lowest BCUT2D eigenvalue weighted by Crippen LogP contribution is -2.43. The maximum atomic E-state index is 12.1. The summed E-state index contributed by atoms with van der Waals surface area (Å²) in [4.78, 5) is 13.6. The van der Waals surface area contributed by atoms with E-state index < -0.39 is 15.9 Å². The summed E-state index contributed by atoms with van der Waals surface area (Å²) in [5.74, 6) is -0.349. The van der Waals surface area contributed by atoms with Crippen LogP contribution in [0.2, 0.25) is 0 Å². The summed E-state index contributed by atoms with van der Waals surface area (Å²) < 4.78 is 27.9. The van der Waals surface area contributed by atoms with E-state index in [1.165, 1.54) is 18.1 Å². The highest BCUT2D eigenvalue weighted by Gasteiger charge is 2.31. The Bertz CT molecular complexity index is 580. The van der Waals surface area contributed by atoms with E-state index in [0.29, 0.717) is 5.69 Å². The zero-order chi connectivity index (χ0) is 13.9. The van der Waals surface area contributed by atoms with Gasteiger partial charge in [-0.15, -0.1) is 0 Å². The average molecular weight is 281 g/mol. The fourth-order valence-electron chi connectivity index (χ4n) is 2.02. The van der Waals surface area contributed by atoms with Crippen molar-refractivity contribution < 1.29 is 17.9 Å². The molecule has 2 rings (SSSR count). The molecule has 0 saturated carbocycles. The molecule has 1 aliphatic rings. The van der Waals surface area contributed by atoms with Crippen molar-refractivity contribution in [2.24, 2.45) is 0 Å². The third-order valence-corrected chi connectivity index (χ3v) is 4.19. The third-order valence-electron chi connectivity index (χ3n) is 2.81. The topological polar surface area (TPSA) is 63.7 Å². The molecule has 0 spiro atoms. The number of hydrogen-bond acceptors (Lipinski definition) is 4. The second kappa shape index (κ2) is 5.54. The highest BCUT2D eigenvalue weighted by atomic mass is 32.2. The molecule has 5 nitrogen and oxygen atoms in total. The molecule has 0 unspecified atom stereocenters. The van der Waals surface area contributed by atoms with Crippen LogP contribution in [0.1, 0.15) is 0 Å². The van der Waals surface area contributed by atoms with E-state index in [-0.39, 0.29) is 18.3 Å². The van der Waals surface area contributed by atoms with Gasteiger partial charge in [0.2, 0.25) is 0 Å². The van der Waals surface area contributed by atoms with Gasteiger partial charge in [-0.25, -0.2) is 8.42 Å². The van der Waals surface area contributed by atoms with Crippen LogP contribution in [0.5, 0.6) is 0 Å². The van der Waals surface area contributed by atoms with Gasteiger partial charge in [0.05, 0.1) is 11.8 Å². The number of anilines is 1. The van der Waals surface area contributed by atoms with Gasteiger partial charge in [0.25, 0.3) is 5.91 Å². The van der Waals surface area contributed by atoms with Crippen LogP contribution in [0, 0.1) is 0 Å². The predicted octanol–water partition coefficient (Wildman–Crippen LogP) is 0.977. The van der Waals surface area contributed by atoms with Crippen molar-refractivity contribution in [1.82, 2.24) is 0 Å². The summed E-state index contributed by atoms with van der Waals surface area (Å²) in [5, 5.41) is 1.16. The molecule has 6 heteroatoms. The molecular weight excluding hydrogens is 266 g/mol. The molecule has 0 N–H and O–H groups in total. The minimum atomic E-state index is -3.21. The Balaban J connectivity index is 2.31. The summed E-state index contributed by atoms with van der Waals surface area (Å²) in [6.45, 7) is -0.0840. The predicted molar refractivity (Wildman–Crippen MR) is 72.5 cm³/mol. The van der Waals surface area contributed by atoms with Gasteiger partial charge in [0, 0.05) is 18.2 Å². The summed E-state index contributed by atoms with van der Waals surface area (Å²) in [6.07, 6.45) is 1.54. The van der Waals surface area contributed by atoms with Crippen molar-refractivity contribution in [2.75, 3.05) is 24.4 Å². The Morgan fingerprint density at radius 1 is 1.37 bits per heavy atom. The minimum absolute atomic E-state index is 0.0840. The zero-order valence-corrected chi connectivity index (χ0v) is 11.3. The number of carbonyl (C=O) groups is 1. The lowest BCUT2D eigenvalue weighted by molar-refractivity contribution is -0.122. The fraction of sp³-hybridized carbons (Fsp3) is 0.308. The van der Waals surface area contributed by atoms with E-state index in [9.17, 15) is 13.2 Å². The Kier molecular flexibility index (Phi) is 4.01. The van der Waals surface area contributed by atoms with Gasteiger partial charge in [-0.2, -0.15) is 0 Å². The molecule has 0 aliphatic carbocycles. The van der Waals surface area contributed by atoms with Crippen molar-refractivity contribution in [3.63, 3.8) is 0 Å². The standard InChI is InChI=1S/C13H15NO4S/c1-18-9-13(15)14(11-5-3-2-4-6-11)12-7-8-19(16,17)10-12/h2-8,12H,9-10H2,1H3/t12-/m1/s1. The number of ether oxygens (including phenoxy) is 1. The van der Waals surface area contributed by atoms with E-state index in [1.807, 2.05) is 6.07 Å². The van der Waals surface area contributed by atoms with Crippen molar-refractivity contribution in [3.05, 3.63) is 41.8 Å². The quantitative estimate of drug-likeness (QED) is 0.825. The lowest BCUT2D eigenvalue weighted by atomic mass is 10.2. The smallest absolute Gasteiger partial charge is 0.253 e. The maximum Gasteiger partial charge on any atom is 0.253 e. The SMILES string of the molecule is COCC(=O)N(c1ccccc1)[C@@H]1C=CS(=O)(=O)C1. The Labute approximate surface area is 112 Å². The van der Waals surface area contributed by atoms with E-state index in [0.717, 1.165) is 5.41 Å². The molecule has 1 heterocycles. The normalized spacial score (nSPS) is 20.4. The van der Waals surface area contributed by atoms with Crippen molar-refractivity contribution in [3.8, 4) is 0 Å². The van der Waals surface area contributed by atoms with Crippen LogP contribution in [0.3, 0.4) is 0 Å². The number of carbonyl (C=O) groups excluding carboxylic acids is 1. The number of sulfone groups is 1. The summed E-state index contributed by atoms with van der Waals surface area (Å²) >= 11 is 0. The monoisotopic (exact) mass is 281 g/mol. The van der Waals surface area contributed by atoms with Crippen molar-refractivity contribution in [2.45, 2.75) is 6.04 Å². The Morgan fingerprint density at radius 3 is 2.58 bits per heavy atom. The van der Waals surface area contributed by atoms with Crippen molar-refractivity contribution >= 4 is 21.4 Å². The van der Waals surface area contributed by atoms with Crippen LogP contribution in [0.4, 0.5) is 5.69 Å². The molecule has 19 heavy (non-hydrogen) atoms. The molecule has 0 radical (unpaired) electrons. The van der Waals surface area contributed by atoms with Gasteiger partial charge in [-0.3, -0.25) is 4.79 Å². The fourth-order valence-corrected chi connectivity index (χ4v) is 3.29. The number of para-hydroxylation sites is 1. The van der Waals surface area contributed by atoms with E-state index in [4.69, 9.17) is 4.74 Å². The highest BCUT2D eigenvalue weighted by molar-refractivity contribution is 7.94. The summed E-state index contributed by atoms with van der Waals surface area (Å²) in [6, 6.07) is 8.50. The second-order valence-corrected chi connectivity index (χ2v) is 6.19. The Hall–Kier alpha value is -1.66. The van der Waals surface area contributed by atoms with Crippen LogP contribution in [0.25, 0.3) is 0 Å². The van der Waals surface area contributed by atoms with Crippen molar-refractivity contribution in [1.29, 1.82) is 0 Å². The van der Waals surface area contributed by atoms with Gasteiger partial charge in [-0.05, 0) is 18.2 Å². The third kappa shape index (κ3) is 3.21. The largest absolute Gasteiger partial charge is 0.375 e. The molecule has 0 saturated heterocycles. The molecule has 102 valence electrons. The highest BCUT2D eigenvalue weighted by Crippen LogP contribution is 2.22. The van der Waals surface area contributed by atoms with Crippen LogP contribution in [-0.2, 0) is 19.4 Å². The first-order chi connectivity index (χ1) is 9.03. The molecule has 1 aliphatic heterocycles. The first kappa shape index (κ1) is 13.8. The van der Waals surface area contributed by atoms with Crippen LogP contribution < -0.4 is 4.90 Å². The van der Waals surface area contributed by atoms with Crippen LogP contribution in [0.15, 0.2) is 41.8 Å². The molecule has 1 atom stereocenters. The zero-order valence-electron chi connectivity index (χ0n) is 10.5. The van der Waals surface area contributed by atoms with Crippen LogP contribution >= 0.6 is 0 Å². The van der Waals surface area contributed by atoms with Gasteiger partial charge >= 0.3 is 0 Å².